The molecule has 0 aliphatic rings. The molecule has 0 saturated heterocycles. The van der Waals surface area contributed by atoms with Gasteiger partial charge in [0.15, 0.2) is 0 Å². The lowest BCUT2D eigenvalue weighted by molar-refractivity contribution is 0.0601. The summed E-state index contributed by atoms with van der Waals surface area (Å²) in [6, 6.07) is 7.69. The molecule has 3 heteroatoms. The van der Waals surface area contributed by atoms with Gasteiger partial charge in [-0.05, 0) is 47.9 Å². The van der Waals surface area contributed by atoms with Gasteiger partial charge < -0.3 is 4.74 Å². The maximum absolute atomic E-state index is 11.5. The van der Waals surface area contributed by atoms with Crippen molar-refractivity contribution in [1.29, 1.82) is 0 Å². The van der Waals surface area contributed by atoms with Crippen LogP contribution in [-0.4, -0.2) is 13.1 Å². The van der Waals surface area contributed by atoms with E-state index in [4.69, 9.17) is 4.74 Å². The van der Waals surface area contributed by atoms with Crippen LogP contribution in [-0.2, 0) is 4.74 Å². The Morgan fingerprint density at radius 1 is 1.24 bits per heavy atom. The molecule has 0 atom stereocenters. The number of benzene rings is 2. The van der Waals surface area contributed by atoms with Gasteiger partial charge in [-0.15, -0.1) is 0 Å². The number of carbonyl (C=O) groups excluding carboxylic acids is 1. The van der Waals surface area contributed by atoms with Crippen LogP contribution in [0.25, 0.3) is 10.8 Å². The Morgan fingerprint density at radius 3 is 2.59 bits per heavy atom. The summed E-state index contributed by atoms with van der Waals surface area (Å²) in [6.07, 6.45) is 0. The van der Waals surface area contributed by atoms with Crippen LogP contribution in [0.2, 0.25) is 0 Å². The Labute approximate surface area is 109 Å². The Hall–Kier alpha value is -1.35. The number of methoxy groups -OCH3 is 1. The van der Waals surface area contributed by atoms with Gasteiger partial charge in [0.2, 0.25) is 0 Å². The molecule has 0 fully saturated rings. The summed E-state index contributed by atoms with van der Waals surface area (Å²) in [7, 11) is 1.39. The van der Waals surface area contributed by atoms with E-state index in [9.17, 15) is 4.79 Å². The number of halogens is 1. The maximum Gasteiger partial charge on any atom is 0.337 e. The number of hydrogen-bond donors (Lipinski definition) is 0. The number of rotatable bonds is 1. The van der Waals surface area contributed by atoms with Crippen molar-refractivity contribution in [3.8, 4) is 0 Å². The highest BCUT2D eigenvalue weighted by molar-refractivity contribution is 9.10. The summed E-state index contributed by atoms with van der Waals surface area (Å²) in [5.74, 6) is -0.301. The second-order valence-electron chi connectivity index (χ2n) is 4.06. The van der Waals surface area contributed by atoms with Crippen molar-refractivity contribution in [2.45, 2.75) is 13.8 Å². The fraction of sp³-hybridized carbons (Fsp3) is 0.214. The minimum atomic E-state index is -0.301. The lowest BCUT2D eigenvalue weighted by atomic mass is 10.0. The lowest BCUT2D eigenvalue weighted by Gasteiger charge is -2.09. The Morgan fingerprint density at radius 2 is 1.94 bits per heavy atom. The highest BCUT2D eigenvalue weighted by atomic mass is 79.9. The van der Waals surface area contributed by atoms with Crippen LogP contribution in [0.4, 0.5) is 0 Å². The lowest BCUT2D eigenvalue weighted by Crippen LogP contribution is -2.00. The number of esters is 1. The quantitative estimate of drug-likeness (QED) is 0.743. The van der Waals surface area contributed by atoms with E-state index < -0.39 is 0 Å². The summed E-state index contributed by atoms with van der Waals surface area (Å²) in [5.41, 5.74) is 2.94. The molecule has 2 rings (SSSR count). The molecule has 88 valence electrons. The monoisotopic (exact) mass is 292 g/mol. The van der Waals surface area contributed by atoms with Gasteiger partial charge >= 0.3 is 5.97 Å². The fourth-order valence-corrected chi connectivity index (χ4v) is 2.31. The van der Waals surface area contributed by atoms with Gasteiger partial charge in [-0.1, -0.05) is 28.1 Å². The van der Waals surface area contributed by atoms with Crippen molar-refractivity contribution in [2.75, 3.05) is 7.11 Å². The van der Waals surface area contributed by atoms with E-state index in [0.29, 0.717) is 5.56 Å². The molecule has 17 heavy (non-hydrogen) atoms. The summed E-state index contributed by atoms with van der Waals surface area (Å²) in [6.45, 7) is 4.11. The van der Waals surface area contributed by atoms with Gasteiger partial charge in [-0.3, -0.25) is 0 Å². The number of hydrogen-bond acceptors (Lipinski definition) is 2. The number of aryl methyl sites for hydroxylation is 2. The van der Waals surface area contributed by atoms with Crippen molar-refractivity contribution < 1.29 is 9.53 Å². The Bertz CT molecular complexity index is 603. The maximum atomic E-state index is 11.5. The van der Waals surface area contributed by atoms with Crippen molar-refractivity contribution in [1.82, 2.24) is 0 Å². The van der Waals surface area contributed by atoms with Crippen LogP contribution in [0.1, 0.15) is 21.5 Å². The first kappa shape index (κ1) is 12.1. The topological polar surface area (TPSA) is 26.3 Å². The standard InChI is InChI=1S/C14H13BrO2/c1-8-6-11-7-10(14(16)17-3)4-5-12(11)9(2)13(8)15/h4-7H,1-3H3. The Kier molecular flexibility index (Phi) is 3.20. The largest absolute Gasteiger partial charge is 0.465 e. The molecule has 0 aliphatic carbocycles. The summed E-state index contributed by atoms with van der Waals surface area (Å²) in [4.78, 5) is 11.5. The molecule has 2 aromatic carbocycles. The number of carbonyl (C=O) groups is 1. The molecule has 0 bridgehead atoms. The van der Waals surface area contributed by atoms with Gasteiger partial charge in [0.05, 0.1) is 12.7 Å². The summed E-state index contributed by atoms with van der Waals surface area (Å²) in [5, 5.41) is 2.21. The second kappa shape index (κ2) is 4.49. The molecule has 0 spiro atoms. The minimum Gasteiger partial charge on any atom is -0.465 e. The molecule has 0 aliphatic heterocycles. The number of ether oxygens (including phenoxy) is 1. The van der Waals surface area contributed by atoms with E-state index in [1.54, 1.807) is 6.07 Å². The van der Waals surface area contributed by atoms with Gasteiger partial charge in [-0.2, -0.15) is 0 Å². The van der Waals surface area contributed by atoms with E-state index in [1.807, 2.05) is 19.1 Å². The fourth-order valence-electron chi connectivity index (χ4n) is 1.98. The zero-order valence-electron chi connectivity index (χ0n) is 10.0. The first-order valence-electron chi connectivity index (χ1n) is 5.32. The predicted octanol–water partition coefficient (Wildman–Crippen LogP) is 4.01. The first-order chi connectivity index (χ1) is 8.04. The van der Waals surface area contributed by atoms with Crippen LogP contribution >= 0.6 is 15.9 Å². The molecule has 0 saturated carbocycles. The van der Waals surface area contributed by atoms with E-state index in [1.165, 1.54) is 12.7 Å². The molecule has 0 heterocycles. The summed E-state index contributed by atoms with van der Waals surface area (Å²) >= 11 is 3.57. The average Bonchev–Trinajstić information content (AvgIpc) is 2.34. The van der Waals surface area contributed by atoms with E-state index in [0.717, 1.165) is 20.8 Å². The van der Waals surface area contributed by atoms with Crippen LogP contribution in [0.5, 0.6) is 0 Å². The van der Waals surface area contributed by atoms with Crippen LogP contribution in [0, 0.1) is 13.8 Å². The van der Waals surface area contributed by atoms with E-state index in [2.05, 4.69) is 28.9 Å². The smallest absolute Gasteiger partial charge is 0.337 e. The van der Waals surface area contributed by atoms with E-state index >= 15 is 0 Å². The molecular weight excluding hydrogens is 280 g/mol. The third-order valence-corrected chi connectivity index (χ3v) is 4.14. The van der Waals surface area contributed by atoms with Gasteiger partial charge in [0.25, 0.3) is 0 Å². The average molecular weight is 293 g/mol. The molecule has 0 amide bonds. The molecule has 0 N–H and O–H groups in total. The predicted molar refractivity (Wildman–Crippen MR) is 72.5 cm³/mol. The highest BCUT2D eigenvalue weighted by Gasteiger charge is 2.09. The highest BCUT2D eigenvalue weighted by Crippen LogP contribution is 2.29. The van der Waals surface area contributed by atoms with Gasteiger partial charge in [-0.25, -0.2) is 4.79 Å². The second-order valence-corrected chi connectivity index (χ2v) is 4.85. The van der Waals surface area contributed by atoms with Crippen LogP contribution in [0.15, 0.2) is 28.7 Å². The Balaban J connectivity index is 2.71. The van der Waals surface area contributed by atoms with Crippen molar-refractivity contribution >= 4 is 32.7 Å². The molecule has 2 aromatic rings. The van der Waals surface area contributed by atoms with Crippen LogP contribution < -0.4 is 0 Å². The molecule has 0 aromatic heterocycles. The van der Waals surface area contributed by atoms with Crippen LogP contribution in [0.3, 0.4) is 0 Å². The van der Waals surface area contributed by atoms with Gasteiger partial charge in [0, 0.05) is 4.47 Å². The SMILES string of the molecule is COC(=O)c1ccc2c(C)c(Br)c(C)cc2c1. The van der Waals surface area contributed by atoms with Crippen molar-refractivity contribution in [3.63, 3.8) is 0 Å². The third-order valence-electron chi connectivity index (χ3n) is 2.92. The van der Waals surface area contributed by atoms with Crippen molar-refractivity contribution in [2.24, 2.45) is 0 Å². The zero-order chi connectivity index (χ0) is 12.6. The molecule has 0 unspecified atom stereocenters. The normalized spacial score (nSPS) is 10.6. The molecule has 0 radical (unpaired) electrons. The van der Waals surface area contributed by atoms with E-state index in [-0.39, 0.29) is 5.97 Å². The first-order valence-corrected chi connectivity index (χ1v) is 6.11. The van der Waals surface area contributed by atoms with Gasteiger partial charge in [0.1, 0.15) is 0 Å². The number of fused-ring (bicyclic) bond motifs is 1. The minimum absolute atomic E-state index is 0.301. The molecule has 2 nitrogen and oxygen atoms in total. The third kappa shape index (κ3) is 2.07. The summed E-state index contributed by atoms with van der Waals surface area (Å²) < 4.78 is 5.84. The zero-order valence-corrected chi connectivity index (χ0v) is 11.6. The van der Waals surface area contributed by atoms with Crippen molar-refractivity contribution in [3.05, 3.63) is 45.4 Å². The molecular formula is C14H13BrO2.